The first-order chi connectivity index (χ1) is 8.13. The monoisotopic (exact) mass is 240 g/mol. The van der Waals surface area contributed by atoms with E-state index in [1.807, 2.05) is 0 Å². The number of methoxy groups -OCH3 is 1. The molecule has 0 saturated heterocycles. The molecule has 0 N–H and O–H groups in total. The number of alkyl halides is 2. The second-order valence-electron chi connectivity index (χ2n) is 2.93. The van der Waals surface area contributed by atoms with Crippen molar-refractivity contribution in [2.75, 3.05) is 7.11 Å². The molecule has 0 aliphatic heterocycles. The van der Waals surface area contributed by atoms with Gasteiger partial charge in [-0.05, 0) is 12.1 Å². The van der Waals surface area contributed by atoms with Crippen LogP contribution in [0.5, 0.6) is 5.75 Å². The molecule has 0 heterocycles. The number of esters is 1. The Balaban J connectivity index is 2.79. The molecule has 5 heteroatoms. The molecule has 17 heavy (non-hydrogen) atoms. The van der Waals surface area contributed by atoms with Crippen LogP contribution in [-0.2, 0) is 9.53 Å². The Morgan fingerprint density at radius 3 is 2.76 bits per heavy atom. The third kappa shape index (κ3) is 4.51. The third-order valence-corrected chi connectivity index (χ3v) is 1.79. The number of carbonyl (C=O) groups excluding carboxylic acids is 1. The average molecular weight is 240 g/mol. The maximum Gasteiger partial charge on any atom is 0.387 e. The van der Waals surface area contributed by atoms with Crippen molar-refractivity contribution in [3.05, 3.63) is 29.8 Å². The number of rotatable bonds is 3. The quantitative estimate of drug-likeness (QED) is 0.600. The highest BCUT2D eigenvalue weighted by Gasteiger charge is 2.07. The van der Waals surface area contributed by atoms with Crippen molar-refractivity contribution in [2.24, 2.45) is 0 Å². The van der Waals surface area contributed by atoms with Gasteiger partial charge in [0, 0.05) is 0 Å². The van der Waals surface area contributed by atoms with Crippen LogP contribution in [0, 0.1) is 11.8 Å². The zero-order valence-electron chi connectivity index (χ0n) is 9.07. The largest absolute Gasteiger partial charge is 0.468 e. The van der Waals surface area contributed by atoms with Gasteiger partial charge in [-0.1, -0.05) is 24.0 Å². The summed E-state index contributed by atoms with van der Waals surface area (Å²) in [7, 11) is 1.25. The zero-order valence-corrected chi connectivity index (χ0v) is 9.07. The number of para-hydroxylation sites is 1. The molecule has 0 aromatic heterocycles. The Labute approximate surface area is 97.3 Å². The van der Waals surface area contributed by atoms with Crippen molar-refractivity contribution in [2.45, 2.75) is 13.0 Å². The normalized spacial score (nSPS) is 9.41. The Morgan fingerprint density at radius 2 is 2.12 bits per heavy atom. The summed E-state index contributed by atoms with van der Waals surface area (Å²) in [5.74, 6) is 4.60. The van der Waals surface area contributed by atoms with E-state index in [0.717, 1.165) is 0 Å². The van der Waals surface area contributed by atoms with Gasteiger partial charge >= 0.3 is 12.6 Å². The van der Waals surface area contributed by atoms with E-state index in [1.165, 1.54) is 19.2 Å². The van der Waals surface area contributed by atoms with E-state index < -0.39 is 12.6 Å². The summed E-state index contributed by atoms with van der Waals surface area (Å²) in [6.07, 6.45) is -0.0977. The predicted octanol–water partition coefficient (Wildman–Crippen LogP) is 2.20. The molecule has 90 valence electrons. The fourth-order valence-corrected chi connectivity index (χ4v) is 1.05. The van der Waals surface area contributed by atoms with Gasteiger partial charge in [0.25, 0.3) is 0 Å². The molecule has 1 aromatic carbocycles. The van der Waals surface area contributed by atoms with E-state index >= 15 is 0 Å². The maximum absolute atomic E-state index is 12.1. The van der Waals surface area contributed by atoms with Crippen molar-refractivity contribution >= 4 is 5.97 Å². The minimum atomic E-state index is -2.90. The molecule has 3 nitrogen and oxygen atoms in total. The fourth-order valence-electron chi connectivity index (χ4n) is 1.05. The van der Waals surface area contributed by atoms with E-state index in [1.54, 1.807) is 12.1 Å². The number of hydrogen-bond acceptors (Lipinski definition) is 3. The molecule has 0 unspecified atom stereocenters. The van der Waals surface area contributed by atoms with Crippen LogP contribution in [0.1, 0.15) is 12.0 Å². The summed E-state index contributed by atoms with van der Waals surface area (Å²) in [4.78, 5) is 10.8. The smallest absolute Gasteiger partial charge is 0.387 e. The Hall–Kier alpha value is -2.09. The van der Waals surface area contributed by atoms with Gasteiger partial charge in [0.2, 0.25) is 0 Å². The molecule has 0 aliphatic carbocycles. The first-order valence-electron chi connectivity index (χ1n) is 4.73. The molecule has 1 rings (SSSR count). The van der Waals surface area contributed by atoms with Gasteiger partial charge in [0.05, 0.1) is 12.7 Å². The second kappa shape index (κ2) is 6.48. The maximum atomic E-state index is 12.1. The number of carbonyl (C=O) groups is 1. The first-order valence-corrected chi connectivity index (χ1v) is 4.73. The third-order valence-electron chi connectivity index (χ3n) is 1.79. The van der Waals surface area contributed by atoms with E-state index in [2.05, 4.69) is 21.3 Å². The van der Waals surface area contributed by atoms with Gasteiger partial charge in [-0.2, -0.15) is 8.78 Å². The molecular weight excluding hydrogens is 230 g/mol. The molecular formula is C12H10F2O3. The summed E-state index contributed by atoms with van der Waals surface area (Å²) in [5.41, 5.74) is 0.303. The SMILES string of the molecule is COC(=O)CC#Cc1ccccc1OC(F)F. The van der Waals surface area contributed by atoms with Crippen LogP contribution in [0.25, 0.3) is 0 Å². The van der Waals surface area contributed by atoms with Crippen LogP contribution in [-0.4, -0.2) is 19.7 Å². The first kappa shape index (κ1) is 13.0. The van der Waals surface area contributed by atoms with Crippen LogP contribution in [0.3, 0.4) is 0 Å². The van der Waals surface area contributed by atoms with E-state index in [9.17, 15) is 13.6 Å². The van der Waals surface area contributed by atoms with Gasteiger partial charge in [0.1, 0.15) is 12.2 Å². The van der Waals surface area contributed by atoms with Crippen molar-refractivity contribution in [1.29, 1.82) is 0 Å². The summed E-state index contributed by atoms with van der Waals surface area (Å²) < 4.78 is 32.8. The van der Waals surface area contributed by atoms with Crippen LogP contribution in [0.2, 0.25) is 0 Å². The minimum Gasteiger partial charge on any atom is -0.468 e. The van der Waals surface area contributed by atoms with Gasteiger partial charge in [-0.25, -0.2) is 0 Å². The highest BCUT2D eigenvalue weighted by Crippen LogP contribution is 2.18. The summed E-state index contributed by atoms with van der Waals surface area (Å²) in [5, 5.41) is 0. The lowest BCUT2D eigenvalue weighted by atomic mass is 10.2. The Morgan fingerprint density at radius 1 is 1.41 bits per heavy atom. The van der Waals surface area contributed by atoms with E-state index in [0.29, 0.717) is 5.56 Å². The second-order valence-corrected chi connectivity index (χ2v) is 2.93. The lowest BCUT2D eigenvalue weighted by Gasteiger charge is -2.05. The average Bonchev–Trinajstić information content (AvgIpc) is 2.30. The summed E-state index contributed by atoms with van der Waals surface area (Å²) >= 11 is 0. The molecule has 0 radical (unpaired) electrons. The van der Waals surface area contributed by atoms with Crippen molar-refractivity contribution in [3.63, 3.8) is 0 Å². The van der Waals surface area contributed by atoms with Crippen LogP contribution in [0.4, 0.5) is 8.78 Å². The van der Waals surface area contributed by atoms with Crippen LogP contribution >= 0.6 is 0 Å². The lowest BCUT2D eigenvalue weighted by molar-refractivity contribution is -0.139. The van der Waals surface area contributed by atoms with Crippen molar-refractivity contribution < 1.29 is 23.0 Å². The van der Waals surface area contributed by atoms with Crippen molar-refractivity contribution in [1.82, 2.24) is 0 Å². The number of ether oxygens (including phenoxy) is 2. The molecule has 0 bridgehead atoms. The predicted molar refractivity (Wildman–Crippen MR) is 56.6 cm³/mol. The summed E-state index contributed by atoms with van der Waals surface area (Å²) in [6, 6.07) is 6.11. The van der Waals surface area contributed by atoms with Crippen LogP contribution < -0.4 is 4.74 Å². The molecule has 0 spiro atoms. The summed E-state index contributed by atoms with van der Waals surface area (Å²) in [6.45, 7) is -2.90. The van der Waals surface area contributed by atoms with E-state index in [-0.39, 0.29) is 12.2 Å². The molecule has 0 amide bonds. The molecule has 0 fully saturated rings. The number of hydrogen-bond donors (Lipinski definition) is 0. The van der Waals surface area contributed by atoms with Crippen LogP contribution in [0.15, 0.2) is 24.3 Å². The van der Waals surface area contributed by atoms with E-state index in [4.69, 9.17) is 0 Å². The standard InChI is InChI=1S/C12H10F2O3/c1-16-11(15)8-4-6-9-5-2-3-7-10(9)17-12(13)14/h2-3,5,7,12H,8H2,1H3. The van der Waals surface area contributed by atoms with Crippen molar-refractivity contribution in [3.8, 4) is 17.6 Å². The zero-order chi connectivity index (χ0) is 12.7. The number of benzene rings is 1. The van der Waals surface area contributed by atoms with Gasteiger partial charge in [-0.15, -0.1) is 0 Å². The van der Waals surface area contributed by atoms with Gasteiger partial charge in [-0.3, -0.25) is 4.79 Å². The Kier molecular flexibility index (Phi) is 4.95. The highest BCUT2D eigenvalue weighted by molar-refractivity contribution is 5.72. The molecule has 0 atom stereocenters. The molecule has 0 aliphatic rings. The highest BCUT2D eigenvalue weighted by atomic mass is 19.3. The van der Waals surface area contributed by atoms with Gasteiger partial charge in [0.15, 0.2) is 0 Å². The topological polar surface area (TPSA) is 35.5 Å². The molecule has 1 aromatic rings. The van der Waals surface area contributed by atoms with Gasteiger partial charge < -0.3 is 9.47 Å². The lowest BCUT2D eigenvalue weighted by Crippen LogP contribution is -2.03. The Bertz CT molecular complexity index is 447. The number of halogens is 2. The minimum absolute atomic E-state index is 0.0140. The fraction of sp³-hybridized carbons (Fsp3) is 0.250. The molecule has 0 saturated carbocycles.